The summed E-state index contributed by atoms with van der Waals surface area (Å²) >= 11 is 9.17. The summed E-state index contributed by atoms with van der Waals surface area (Å²) in [4.78, 5) is 23.8. The predicted octanol–water partition coefficient (Wildman–Crippen LogP) is 4.22. The number of carbonyl (C=O) groups is 2. The molecule has 0 fully saturated rings. The SMILES string of the molecule is C[C@H](NC(=O)Oc1ccccc1)C(=O)Nc1ccc(Cl)c(Br)c1. The maximum absolute atomic E-state index is 12.1. The van der Waals surface area contributed by atoms with E-state index in [1.165, 1.54) is 0 Å². The minimum Gasteiger partial charge on any atom is -0.410 e. The van der Waals surface area contributed by atoms with Crippen LogP contribution < -0.4 is 15.4 Å². The molecule has 2 amide bonds. The van der Waals surface area contributed by atoms with Crippen molar-refractivity contribution in [3.8, 4) is 5.75 Å². The van der Waals surface area contributed by atoms with E-state index in [0.29, 0.717) is 20.9 Å². The molecule has 2 N–H and O–H groups in total. The fourth-order valence-corrected chi connectivity index (χ4v) is 2.19. The van der Waals surface area contributed by atoms with Gasteiger partial charge in [0.25, 0.3) is 0 Å². The molecule has 0 aliphatic heterocycles. The van der Waals surface area contributed by atoms with Gasteiger partial charge in [-0.25, -0.2) is 4.79 Å². The third-order valence-electron chi connectivity index (χ3n) is 2.87. The number of carbonyl (C=O) groups excluding carboxylic acids is 2. The summed E-state index contributed by atoms with van der Waals surface area (Å²) in [5.74, 6) is 0.0310. The standard InChI is InChI=1S/C16H14BrClN2O3/c1-10(19-16(22)23-12-5-3-2-4-6-12)15(21)20-11-7-8-14(18)13(17)9-11/h2-10H,1H3,(H,19,22)(H,20,21)/t10-/m0/s1. The van der Waals surface area contributed by atoms with Crippen molar-refractivity contribution in [2.75, 3.05) is 5.32 Å². The molecule has 2 rings (SSSR count). The summed E-state index contributed by atoms with van der Waals surface area (Å²) in [6, 6.07) is 12.8. The van der Waals surface area contributed by atoms with Crippen molar-refractivity contribution in [2.45, 2.75) is 13.0 Å². The lowest BCUT2D eigenvalue weighted by Gasteiger charge is -2.14. The van der Waals surface area contributed by atoms with Crippen LogP contribution in [0.5, 0.6) is 5.75 Å². The number of nitrogens with one attached hydrogen (secondary N) is 2. The Balaban J connectivity index is 1.89. The molecule has 0 saturated heterocycles. The lowest BCUT2D eigenvalue weighted by atomic mass is 10.2. The fourth-order valence-electron chi connectivity index (χ4n) is 1.69. The highest BCUT2D eigenvalue weighted by molar-refractivity contribution is 9.10. The van der Waals surface area contributed by atoms with Gasteiger partial charge in [0, 0.05) is 10.2 Å². The second-order valence-electron chi connectivity index (χ2n) is 4.69. The molecule has 0 aliphatic rings. The molecule has 0 saturated carbocycles. The highest BCUT2D eigenvalue weighted by Crippen LogP contribution is 2.25. The van der Waals surface area contributed by atoms with Gasteiger partial charge in [-0.05, 0) is 53.2 Å². The fraction of sp³-hybridized carbons (Fsp3) is 0.125. The minimum absolute atomic E-state index is 0.371. The van der Waals surface area contributed by atoms with Crippen molar-refractivity contribution in [2.24, 2.45) is 0 Å². The Kier molecular flexibility index (Phi) is 6.01. The monoisotopic (exact) mass is 396 g/mol. The van der Waals surface area contributed by atoms with Gasteiger partial charge in [0.15, 0.2) is 0 Å². The maximum atomic E-state index is 12.1. The zero-order chi connectivity index (χ0) is 16.8. The number of ether oxygens (including phenoxy) is 1. The van der Waals surface area contributed by atoms with Gasteiger partial charge in [0.1, 0.15) is 11.8 Å². The van der Waals surface area contributed by atoms with Gasteiger partial charge in [-0.1, -0.05) is 29.8 Å². The molecule has 0 aromatic heterocycles. The number of rotatable bonds is 4. The van der Waals surface area contributed by atoms with Gasteiger partial charge in [0.05, 0.1) is 5.02 Å². The van der Waals surface area contributed by atoms with Crippen LogP contribution in [-0.4, -0.2) is 18.0 Å². The first-order valence-corrected chi connectivity index (χ1v) is 7.92. The molecule has 23 heavy (non-hydrogen) atoms. The second kappa shape index (κ2) is 7.99. The molecule has 1 atom stereocenters. The molecule has 0 aliphatic carbocycles. The van der Waals surface area contributed by atoms with E-state index < -0.39 is 12.1 Å². The largest absolute Gasteiger partial charge is 0.413 e. The van der Waals surface area contributed by atoms with Crippen LogP contribution in [0.25, 0.3) is 0 Å². The number of hydrogen-bond donors (Lipinski definition) is 2. The molecule has 7 heteroatoms. The molecule has 2 aromatic rings. The average molecular weight is 398 g/mol. The van der Waals surface area contributed by atoms with Gasteiger partial charge in [0.2, 0.25) is 5.91 Å². The second-order valence-corrected chi connectivity index (χ2v) is 5.95. The van der Waals surface area contributed by atoms with Gasteiger partial charge >= 0.3 is 6.09 Å². The predicted molar refractivity (Wildman–Crippen MR) is 92.8 cm³/mol. The summed E-state index contributed by atoms with van der Waals surface area (Å²) in [7, 11) is 0. The van der Waals surface area contributed by atoms with Crippen molar-refractivity contribution < 1.29 is 14.3 Å². The lowest BCUT2D eigenvalue weighted by molar-refractivity contribution is -0.117. The van der Waals surface area contributed by atoms with E-state index in [0.717, 1.165) is 0 Å². The Labute approximate surface area is 147 Å². The third kappa shape index (κ3) is 5.26. The van der Waals surface area contributed by atoms with E-state index >= 15 is 0 Å². The van der Waals surface area contributed by atoms with E-state index in [1.807, 2.05) is 6.07 Å². The first-order chi connectivity index (χ1) is 11.0. The van der Waals surface area contributed by atoms with Gasteiger partial charge in [-0.2, -0.15) is 0 Å². The molecule has 0 unspecified atom stereocenters. The first kappa shape index (κ1) is 17.3. The van der Waals surface area contributed by atoms with Crippen LogP contribution in [0, 0.1) is 0 Å². The molecule has 0 radical (unpaired) electrons. The zero-order valence-electron chi connectivity index (χ0n) is 12.2. The smallest absolute Gasteiger partial charge is 0.410 e. The number of hydrogen-bond acceptors (Lipinski definition) is 3. The first-order valence-electron chi connectivity index (χ1n) is 6.75. The summed E-state index contributed by atoms with van der Waals surface area (Å²) in [6.45, 7) is 1.56. The van der Waals surface area contributed by atoms with Crippen molar-refractivity contribution in [1.82, 2.24) is 5.32 Å². The quantitative estimate of drug-likeness (QED) is 0.812. The van der Waals surface area contributed by atoms with Crippen molar-refractivity contribution in [3.63, 3.8) is 0 Å². The summed E-state index contributed by atoms with van der Waals surface area (Å²) in [6.07, 6.45) is -0.698. The number of para-hydroxylation sites is 1. The normalized spacial score (nSPS) is 11.4. The zero-order valence-corrected chi connectivity index (χ0v) is 14.5. The van der Waals surface area contributed by atoms with Crippen molar-refractivity contribution in [1.29, 1.82) is 0 Å². The molecule has 0 spiro atoms. The molecule has 5 nitrogen and oxygen atoms in total. The molecule has 2 aromatic carbocycles. The van der Waals surface area contributed by atoms with Crippen LogP contribution in [0.2, 0.25) is 5.02 Å². The van der Waals surface area contributed by atoms with E-state index in [9.17, 15) is 9.59 Å². The van der Waals surface area contributed by atoms with E-state index in [2.05, 4.69) is 26.6 Å². The highest BCUT2D eigenvalue weighted by Gasteiger charge is 2.17. The Bertz CT molecular complexity index is 710. The van der Waals surface area contributed by atoms with E-state index in [4.69, 9.17) is 16.3 Å². The van der Waals surface area contributed by atoms with Crippen LogP contribution in [0.4, 0.5) is 10.5 Å². The maximum Gasteiger partial charge on any atom is 0.413 e. The lowest BCUT2D eigenvalue weighted by Crippen LogP contribution is -2.42. The number of amides is 2. The molecular weight excluding hydrogens is 384 g/mol. The number of halogens is 2. The van der Waals surface area contributed by atoms with Crippen LogP contribution in [-0.2, 0) is 4.79 Å². The molecule has 0 heterocycles. The molecular formula is C16H14BrClN2O3. The van der Waals surface area contributed by atoms with Gasteiger partial charge < -0.3 is 15.4 Å². The van der Waals surface area contributed by atoms with E-state index in [1.54, 1.807) is 49.4 Å². The molecule has 0 bridgehead atoms. The Hall–Kier alpha value is -2.05. The van der Waals surface area contributed by atoms with Crippen LogP contribution >= 0.6 is 27.5 Å². The van der Waals surface area contributed by atoms with Gasteiger partial charge in [-0.15, -0.1) is 0 Å². The highest BCUT2D eigenvalue weighted by atomic mass is 79.9. The van der Waals surface area contributed by atoms with Crippen LogP contribution in [0.3, 0.4) is 0 Å². The van der Waals surface area contributed by atoms with Crippen LogP contribution in [0.15, 0.2) is 53.0 Å². The number of benzene rings is 2. The topological polar surface area (TPSA) is 67.4 Å². The Morgan fingerprint density at radius 1 is 1.17 bits per heavy atom. The van der Waals surface area contributed by atoms with E-state index in [-0.39, 0.29) is 5.91 Å². The van der Waals surface area contributed by atoms with Gasteiger partial charge in [-0.3, -0.25) is 4.79 Å². The third-order valence-corrected chi connectivity index (χ3v) is 4.08. The summed E-state index contributed by atoms with van der Waals surface area (Å²) < 4.78 is 5.73. The number of anilines is 1. The average Bonchev–Trinajstić information content (AvgIpc) is 2.51. The Morgan fingerprint density at radius 2 is 1.87 bits per heavy atom. The molecule has 120 valence electrons. The minimum atomic E-state index is -0.763. The summed E-state index contributed by atoms with van der Waals surface area (Å²) in [5, 5.41) is 5.69. The summed E-state index contributed by atoms with van der Waals surface area (Å²) in [5.41, 5.74) is 0.566. The Morgan fingerprint density at radius 3 is 2.52 bits per heavy atom. The van der Waals surface area contributed by atoms with Crippen molar-refractivity contribution >= 4 is 45.2 Å². The van der Waals surface area contributed by atoms with Crippen molar-refractivity contribution in [3.05, 3.63) is 58.0 Å². The van der Waals surface area contributed by atoms with Crippen LogP contribution in [0.1, 0.15) is 6.92 Å².